The van der Waals surface area contributed by atoms with Crippen LogP contribution in [0.15, 0.2) is 58.3 Å². The number of benzene rings is 2. The first kappa shape index (κ1) is 19.5. The molecule has 30 heavy (non-hydrogen) atoms. The van der Waals surface area contributed by atoms with Crippen molar-refractivity contribution in [3.05, 3.63) is 75.1 Å². The molecule has 0 aliphatic rings. The van der Waals surface area contributed by atoms with Crippen molar-refractivity contribution in [2.24, 2.45) is 0 Å². The molecule has 0 fully saturated rings. The molecule has 0 saturated carbocycles. The van der Waals surface area contributed by atoms with Crippen molar-refractivity contribution in [3.63, 3.8) is 0 Å². The van der Waals surface area contributed by atoms with Gasteiger partial charge in [-0.3, -0.25) is 14.2 Å². The predicted octanol–water partition coefficient (Wildman–Crippen LogP) is 1.93. The Morgan fingerprint density at radius 1 is 1.10 bits per heavy atom. The molecular weight excluding hydrogens is 384 g/mol. The van der Waals surface area contributed by atoms with E-state index in [-0.39, 0.29) is 18.9 Å². The summed E-state index contributed by atoms with van der Waals surface area (Å²) in [4.78, 5) is 42.8. The summed E-state index contributed by atoms with van der Waals surface area (Å²) in [6.45, 7) is 0.485. The van der Waals surface area contributed by atoms with Crippen molar-refractivity contribution >= 4 is 27.7 Å². The highest BCUT2D eigenvalue weighted by Gasteiger charge is 2.10. The topological polar surface area (TPSA) is 109 Å². The first-order valence-corrected chi connectivity index (χ1v) is 9.69. The molecule has 2 aromatic heterocycles. The van der Waals surface area contributed by atoms with Crippen molar-refractivity contribution < 1.29 is 9.53 Å². The first-order valence-electron chi connectivity index (χ1n) is 9.69. The normalized spacial score (nSPS) is 11.1. The molecule has 1 amide bonds. The van der Waals surface area contributed by atoms with Gasteiger partial charge in [0.15, 0.2) is 0 Å². The monoisotopic (exact) mass is 406 g/mol. The zero-order chi connectivity index (χ0) is 21.1. The van der Waals surface area contributed by atoms with Gasteiger partial charge in [0, 0.05) is 42.7 Å². The van der Waals surface area contributed by atoms with Crippen molar-refractivity contribution in [2.45, 2.75) is 19.4 Å². The van der Waals surface area contributed by atoms with E-state index in [1.165, 1.54) is 0 Å². The number of carbonyl (C=O) groups excluding carboxylic acids is 1. The third-order valence-electron chi connectivity index (χ3n) is 5.14. The number of H-pyrrole nitrogens is 2. The van der Waals surface area contributed by atoms with Crippen LogP contribution in [-0.4, -0.2) is 34.1 Å². The Balaban J connectivity index is 1.35. The van der Waals surface area contributed by atoms with Gasteiger partial charge in [0.25, 0.3) is 5.56 Å². The second-order valence-corrected chi connectivity index (χ2v) is 7.01. The molecule has 4 rings (SSSR count). The molecule has 0 bridgehead atoms. The summed E-state index contributed by atoms with van der Waals surface area (Å²) in [6.07, 6.45) is 2.63. The Morgan fingerprint density at radius 3 is 2.77 bits per heavy atom. The maximum Gasteiger partial charge on any atom is 0.328 e. The number of ether oxygens (including phenoxy) is 1. The minimum atomic E-state index is -0.513. The van der Waals surface area contributed by atoms with Crippen molar-refractivity contribution in [2.75, 3.05) is 13.7 Å². The molecule has 0 aliphatic carbocycles. The number of nitrogens with one attached hydrogen (secondary N) is 3. The van der Waals surface area contributed by atoms with Gasteiger partial charge in [-0.25, -0.2) is 4.79 Å². The predicted molar refractivity (Wildman–Crippen MR) is 115 cm³/mol. The lowest BCUT2D eigenvalue weighted by atomic mass is 10.1. The number of para-hydroxylation sites is 1. The Kier molecular flexibility index (Phi) is 5.38. The zero-order valence-corrected chi connectivity index (χ0v) is 16.5. The van der Waals surface area contributed by atoms with Crippen LogP contribution in [0, 0.1) is 0 Å². The lowest BCUT2D eigenvalue weighted by Crippen LogP contribution is -2.37. The Labute approximate surface area is 171 Å². The van der Waals surface area contributed by atoms with Gasteiger partial charge >= 0.3 is 5.69 Å². The van der Waals surface area contributed by atoms with Gasteiger partial charge in [0.1, 0.15) is 5.75 Å². The molecule has 8 nitrogen and oxygen atoms in total. The summed E-state index contributed by atoms with van der Waals surface area (Å²) in [5.41, 5.74) is 1.65. The Hall–Kier alpha value is -3.81. The zero-order valence-electron chi connectivity index (χ0n) is 16.5. The van der Waals surface area contributed by atoms with E-state index in [0.29, 0.717) is 23.9 Å². The standard InChI is InChI=1S/C22H22N4O4/c1-30-15-6-7-16-14(13-24-19(16)12-15)8-10-23-20(27)9-11-26-21(28)17-4-2-3-5-18(17)25-22(26)29/h2-7,12-13,24H,8-11H2,1H3,(H,23,27)(H,25,29). The van der Waals surface area contributed by atoms with E-state index < -0.39 is 11.2 Å². The van der Waals surface area contributed by atoms with Crippen molar-refractivity contribution in [3.8, 4) is 5.75 Å². The third-order valence-corrected chi connectivity index (χ3v) is 5.14. The van der Waals surface area contributed by atoms with E-state index in [9.17, 15) is 14.4 Å². The van der Waals surface area contributed by atoms with Crippen LogP contribution in [0.5, 0.6) is 5.75 Å². The molecule has 3 N–H and O–H groups in total. The fourth-order valence-corrected chi connectivity index (χ4v) is 3.54. The van der Waals surface area contributed by atoms with Crippen molar-refractivity contribution in [1.29, 1.82) is 0 Å². The fraction of sp³-hybridized carbons (Fsp3) is 0.227. The Morgan fingerprint density at radius 2 is 1.93 bits per heavy atom. The van der Waals surface area contributed by atoms with Gasteiger partial charge in [-0.2, -0.15) is 0 Å². The van der Waals surface area contributed by atoms with E-state index in [1.54, 1.807) is 31.4 Å². The molecule has 2 aromatic carbocycles. The molecule has 8 heteroatoms. The van der Waals surface area contributed by atoms with Gasteiger partial charge in [-0.05, 0) is 36.2 Å². The van der Waals surface area contributed by atoms with Gasteiger partial charge < -0.3 is 20.0 Å². The SMILES string of the molecule is COc1ccc2c(CCNC(=O)CCn3c(=O)[nH]c4ccccc4c3=O)c[nH]c2c1. The first-order chi connectivity index (χ1) is 14.6. The number of methoxy groups -OCH3 is 1. The van der Waals surface area contributed by atoms with E-state index in [1.807, 2.05) is 24.4 Å². The maximum absolute atomic E-state index is 12.5. The second kappa shape index (κ2) is 8.28. The average Bonchev–Trinajstić information content (AvgIpc) is 3.15. The minimum Gasteiger partial charge on any atom is -0.497 e. The van der Waals surface area contributed by atoms with Crippen LogP contribution in [0.25, 0.3) is 21.8 Å². The Bertz CT molecular complexity index is 1330. The van der Waals surface area contributed by atoms with Crippen LogP contribution < -0.4 is 21.3 Å². The molecule has 154 valence electrons. The van der Waals surface area contributed by atoms with Gasteiger partial charge in [-0.15, -0.1) is 0 Å². The van der Waals surface area contributed by atoms with E-state index >= 15 is 0 Å². The van der Waals surface area contributed by atoms with Crippen LogP contribution >= 0.6 is 0 Å². The molecule has 4 aromatic rings. The number of aromatic amines is 2. The van der Waals surface area contributed by atoms with Crippen molar-refractivity contribution in [1.82, 2.24) is 19.9 Å². The number of amides is 1. The number of nitrogens with zero attached hydrogens (tertiary/aromatic N) is 1. The molecule has 0 aliphatic heterocycles. The number of hydrogen-bond donors (Lipinski definition) is 3. The number of hydrogen-bond acceptors (Lipinski definition) is 4. The van der Waals surface area contributed by atoms with Crippen LogP contribution in [0.3, 0.4) is 0 Å². The number of aromatic nitrogens is 3. The lowest BCUT2D eigenvalue weighted by molar-refractivity contribution is -0.121. The quantitative estimate of drug-likeness (QED) is 0.436. The average molecular weight is 406 g/mol. The molecule has 0 atom stereocenters. The molecule has 0 unspecified atom stereocenters. The molecular formula is C22H22N4O4. The summed E-state index contributed by atoms with van der Waals surface area (Å²) in [5.74, 6) is 0.569. The highest BCUT2D eigenvalue weighted by molar-refractivity contribution is 5.84. The maximum atomic E-state index is 12.5. The largest absolute Gasteiger partial charge is 0.497 e. The molecule has 0 spiro atoms. The number of rotatable bonds is 7. The summed E-state index contributed by atoms with van der Waals surface area (Å²) >= 11 is 0. The van der Waals surface area contributed by atoms with Crippen LogP contribution in [-0.2, 0) is 17.8 Å². The summed E-state index contributed by atoms with van der Waals surface area (Å²) in [5, 5.41) is 4.36. The highest BCUT2D eigenvalue weighted by Crippen LogP contribution is 2.23. The third kappa shape index (κ3) is 3.84. The number of fused-ring (bicyclic) bond motifs is 2. The molecule has 2 heterocycles. The van der Waals surface area contributed by atoms with Gasteiger partial charge in [0.05, 0.1) is 18.0 Å². The van der Waals surface area contributed by atoms with Crippen LogP contribution in [0.4, 0.5) is 0 Å². The van der Waals surface area contributed by atoms with Crippen LogP contribution in [0.2, 0.25) is 0 Å². The van der Waals surface area contributed by atoms with Crippen LogP contribution in [0.1, 0.15) is 12.0 Å². The molecule has 0 saturated heterocycles. The summed E-state index contributed by atoms with van der Waals surface area (Å²) in [6, 6.07) is 12.6. The lowest BCUT2D eigenvalue weighted by Gasteiger charge is -2.07. The van der Waals surface area contributed by atoms with E-state index in [4.69, 9.17) is 4.74 Å². The fourth-order valence-electron chi connectivity index (χ4n) is 3.54. The summed E-state index contributed by atoms with van der Waals surface area (Å²) < 4.78 is 6.29. The second-order valence-electron chi connectivity index (χ2n) is 7.01. The van der Waals surface area contributed by atoms with E-state index in [2.05, 4.69) is 15.3 Å². The van der Waals surface area contributed by atoms with Gasteiger partial charge in [0.2, 0.25) is 5.91 Å². The smallest absolute Gasteiger partial charge is 0.328 e. The van der Waals surface area contributed by atoms with Gasteiger partial charge in [-0.1, -0.05) is 12.1 Å². The summed E-state index contributed by atoms with van der Waals surface area (Å²) in [7, 11) is 1.63. The highest BCUT2D eigenvalue weighted by atomic mass is 16.5. The minimum absolute atomic E-state index is 0.0255. The number of carbonyl (C=O) groups is 1. The van der Waals surface area contributed by atoms with E-state index in [0.717, 1.165) is 26.8 Å². The molecule has 0 radical (unpaired) electrons.